The molecule has 0 atom stereocenters. The molecule has 7 heteroatoms. The second-order valence-electron chi connectivity index (χ2n) is 7.14. The third-order valence-electron chi connectivity index (χ3n) is 4.80. The molecule has 6 nitrogen and oxygen atoms in total. The second kappa shape index (κ2) is 8.29. The molecule has 3 aromatic carbocycles. The molecule has 31 heavy (non-hydrogen) atoms. The monoisotopic (exact) mass is 432 g/mol. The van der Waals surface area contributed by atoms with Crippen molar-refractivity contribution < 1.29 is 17.9 Å². The van der Waals surface area contributed by atoms with Crippen LogP contribution < -0.4 is 0 Å². The molecule has 3 aromatic rings. The van der Waals surface area contributed by atoms with Crippen molar-refractivity contribution in [2.24, 2.45) is 4.99 Å². The van der Waals surface area contributed by atoms with Gasteiger partial charge in [-0.1, -0.05) is 60.7 Å². The minimum atomic E-state index is -3.61. The van der Waals surface area contributed by atoms with Crippen LogP contribution in [0.3, 0.4) is 0 Å². The molecule has 0 saturated carbocycles. The van der Waals surface area contributed by atoms with Crippen molar-refractivity contribution in [3.05, 3.63) is 95.7 Å². The predicted molar refractivity (Wildman–Crippen MR) is 120 cm³/mol. The van der Waals surface area contributed by atoms with Crippen LogP contribution in [0.15, 0.2) is 94.4 Å². The zero-order chi connectivity index (χ0) is 22.0. The van der Waals surface area contributed by atoms with Gasteiger partial charge in [0.15, 0.2) is 5.70 Å². The van der Waals surface area contributed by atoms with Gasteiger partial charge >= 0.3 is 5.97 Å². The van der Waals surface area contributed by atoms with E-state index in [0.717, 1.165) is 21.0 Å². The van der Waals surface area contributed by atoms with E-state index in [2.05, 4.69) is 4.99 Å². The van der Waals surface area contributed by atoms with Crippen LogP contribution in [-0.2, 0) is 19.6 Å². The Balaban J connectivity index is 1.61. The van der Waals surface area contributed by atoms with Crippen molar-refractivity contribution in [3.8, 4) is 11.1 Å². The molecule has 0 fully saturated rings. The number of ether oxygens (including phenoxy) is 1. The minimum Gasteiger partial charge on any atom is -0.402 e. The number of rotatable bonds is 5. The molecule has 0 bridgehead atoms. The van der Waals surface area contributed by atoms with Gasteiger partial charge < -0.3 is 4.74 Å². The summed E-state index contributed by atoms with van der Waals surface area (Å²) in [5.41, 5.74) is 3.55. The Morgan fingerprint density at radius 1 is 0.839 bits per heavy atom. The van der Waals surface area contributed by atoms with Gasteiger partial charge in [-0.3, -0.25) is 0 Å². The quantitative estimate of drug-likeness (QED) is 0.452. The first-order valence-electron chi connectivity index (χ1n) is 9.55. The van der Waals surface area contributed by atoms with Gasteiger partial charge in [-0.25, -0.2) is 22.5 Å². The Kier molecular flexibility index (Phi) is 5.54. The number of cyclic esters (lactones) is 1. The summed E-state index contributed by atoms with van der Waals surface area (Å²) >= 11 is 0. The fourth-order valence-corrected chi connectivity index (χ4v) is 4.04. The molecule has 1 heterocycles. The number of esters is 1. The van der Waals surface area contributed by atoms with Crippen LogP contribution in [0.2, 0.25) is 0 Å². The lowest BCUT2D eigenvalue weighted by Gasteiger charge is -2.11. The standard InChI is InChI=1S/C24H20N2O4S/c1-26(2)31(28,29)21-10-6-9-20(16-21)23-25-22(24(27)30-23)15-17-11-13-19(14-12-17)18-7-4-3-5-8-18/h3-16H,1-2H3/b22-15-. The first-order chi connectivity index (χ1) is 14.8. The molecule has 1 aliphatic heterocycles. The lowest BCUT2D eigenvalue weighted by atomic mass is 10.0. The number of carbonyl (C=O) groups excluding carboxylic acids is 1. The van der Waals surface area contributed by atoms with Crippen molar-refractivity contribution in [2.75, 3.05) is 14.1 Å². The SMILES string of the molecule is CN(C)S(=O)(=O)c1cccc(C2=N/C(=C\c3ccc(-c4ccccc4)cc3)C(=O)O2)c1. The van der Waals surface area contributed by atoms with E-state index in [1.165, 1.54) is 26.2 Å². The summed E-state index contributed by atoms with van der Waals surface area (Å²) in [6.45, 7) is 0. The maximum absolute atomic E-state index is 12.4. The van der Waals surface area contributed by atoms with E-state index in [1.54, 1.807) is 18.2 Å². The summed E-state index contributed by atoms with van der Waals surface area (Å²) in [7, 11) is -0.694. The van der Waals surface area contributed by atoms with Crippen molar-refractivity contribution >= 4 is 28.0 Å². The van der Waals surface area contributed by atoms with Gasteiger partial charge in [0.1, 0.15) is 0 Å². The van der Waals surface area contributed by atoms with E-state index >= 15 is 0 Å². The topological polar surface area (TPSA) is 76.0 Å². The van der Waals surface area contributed by atoms with Crippen LogP contribution in [0.5, 0.6) is 0 Å². The van der Waals surface area contributed by atoms with Gasteiger partial charge in [0.25, 0.3) is 0 Å². The highest BCUT2D eigenvalue weighted by Gasteiger charge is 2.26. The molecule has 0 aliphatic carbocycles. The van der Waals surface area contributed by atoms with Crippen LogP contribution in [0.4, 0.5) is 0 Å². The highest BCUT2D eigenvalue weighted by molar-refractivity contribution is 7.89. The predicted octanol–water partition coefficient (Wildman–Crippen LogP) is 3.95. The van der Waals surface area contributed by atoms with Crippen molar-refractivity contribution in [2.45, 2.75) is 4.90 Å². The van der Waals surface area contributed by atoms with Crippen molar-refractivity contribution in [1.29, 1.82) is 0 Å². The fourth-order valence-electron chi connectivity index (χ4n) is 3.09. The molecule has 4 rings (SSSR count). The van der Waals surface area contributed by atoms with E-state index in [9.17, 15) is 13.2 Å². The normalized spacial score (nSPS) is 15.3. The maximum atomic E-state index is 12.4. The molecular formula is C24H20N2O4S. The zero-order valence-corrected chi connectivity index (χ0v) is 17.8. The number of carbonyl (C=O) groups is 1. The van der Waals surface area contributed by atoms with Crippen LogP contribution in [0.1, 0.15) is 11.1 Å². The van der Waals surface area contributed by atoms with E-state index in [0.29, 0.717) is 5.56 Å². The van der Waals surface area contributed by atoms with Gasteiger partial charge in [-0.2, -0.15) is 0 Å². The van der Waals surface area contributed by atoms with Gasteiger partial charge in [0.05, 0.1) is 4.90 Å². The summed E-state index contributed by atoms with van der Waals surface area (Å²) in [5, 5.41) is 0. The summed E-state index contributed by atoms with van der Waals surface area (Å²) in [5.74, 6) is -0.504. The number of nitrogens with zero attached hydrogens (tertiary/aromatic N) is 2. The van der Waals surface area contributed by atoms with Crippen LogP contribution in [0.25, 0.3) is 17.2 Å². The molecule has 0 saturated heterocycles. The van der Waals surface area contributed by atoms with Crippen LogP contribution in [-0.4, -0.2) is 38.7 Å². The van der Waals surface area contributed by atoms with Crippen LogP contribution >= 0.6 is 0 Å². The molecule has 0 N–H and O–H groups in total. The summed E-state index contributed by atoms with van der Waals surface area (Å²) in [6.07, 6.45) is 1.64. The molecule has 0 spiro atoms. The Bertz CT molecular complexity index is 1290. The van der Waals surface area contributed by atoms with E-state index in [4.69, 9.17) is 4.74 Å². The molecule has 0 unspecified atom stereocenters. The number of sulfonamides is 1. The van der Waals surface area contributed by atoms with Gasteiger partial charge in [0, 0.05) is 19.7 Å². The number of aliphatic imine (C=N–C) groups is 1. The number of hydrogen-bond donors (Lipinski definition) is 0. The maximum Gasteiger partial charge on any atom is 0.363 e. The van der Waals surface area contributed by atoms with E-state index < -0.39 is 16.0 Å². The van der Waals surface area contributed by atoms with Gasteiger partial charge in [-0.15, -0.1) is 0 Å². The highest BCUT2D eigenvalue weighted by Crippen LogP contribution is 2.24. The van der Waals surface area contributed by atoms with Crippen molar-refractivity contribution in [3.63, 3.8) is 0 Å². The summed E-state index contributed by atoms with van der Waals surface area (Å²) < 4.78 is 31.1. The third-order valence-corrected chi connectivity index (χ3v) is 6.61. The molecule has 0 amide bonds. The van der Waals surface area contributed by atoms with Gasteiger partial charge in [0.2, 0.25) is 15.9 Å². The summed E-state index contributed by atoms with van der Waals surface area (Å²) in [6, 6.07) is 23.9. The fraction of sp³-hybridized carbons (Fsp3) is 0.0833. The molecule has 0 aromatic heterocycles. The van der Waals surface area contributed by atoms with Gasteiger partial charge in [-0.05, 0) is 41.0 Å². The third kappa shape index (κ3) is 4.33. The van der Waals surface area contributed by atoms with E-state index in [-0.39, 0.29) is 16.5 Å². The summed E-state index contributed by atoms with van der Waals surface area (Å²) in [4.78, 5) is 16.7. The Labute approximate surface area is 181 Å². The first-order valence-corrected chi connectivity index (χ1v) is 11.0. The Hall–Kier alpha value is -3.55. The second-order valence-corrected chi connectivity index (χ2v) is 9.29. The smallest absolute Gasteiger partial charge is 0.363 e. The lowest BCUT2D eigenvalue weighted by Crippen LogP contribution is -2.22. The van der Waals surface area contributed by atoms with Crippen LogP contribution in [0, 0.1) is 0 Å². The Morgan fingerprint density at radius 2 is 1.48 bits per heavy atom. The Morgan fingerprint density at radius 3 is 2.16 bits per heavy atom. The minimum absolute atomic E-state index is 0.0768. The number of hydrogen-bond acceptors (Lipinski definition) is 5. The average Bonchev–Trinajstić information content (AvgIpc) is 3.15. The molecular weight excluding hydrogens is 412 g/mol. The molecule has 1 aliphatic rings. The highest BCUT2D eigenvalue weighted by atomic mass is 32.2. The van der Waals surface area contributed by atoms with E-state index in [1.807, 2.05) is 54.6 Å². The average molecular weight is 433 g/mol. The van der Waals surface area contributed by atoms with Crippen molar-refractivity contribution in [1.82, 2.24) is 4.31 Å². The largest absolute Gasteiger partial charge is 0.402 e. The molecule has 156 valence electrons. The first kappa shape index (κ1) is 20.7. The molecule has 0 radical (unpaired) electrons. The lowest BCUT2D eigenvalue weighted by molar-refractivity contribution is -0.129. The number of benzene rings is 3. The zero-order valence-electron chi connectivity index (χ0n) is 17.0.